The molecule has 1 unspecified atom stereocenters. The molecule has 124 valence electrons. The minimum atomic E-state index is -4.38. The zero-order valence-electron chi connectivity index (χ0n) is 12.6. The summed E-state index contributed by atoms with van der Waals surface area (Å²) in [7, 11) is 0. The van der Waals surface area contributed by atoms with Gasteiger partial charge in [-0.1, -0.05) is 18.2 Å². The van der Waals surface area contributed by atoms with Crippen LogP contribution in [0.5, 0.6) is 0 Å². The molecule has 1 fully saturated rings. The summed E-state index contributed by atoms with van der Waals surface area (Å²) in [5.41, 5.74) is 1.92. The van der Waals surface area contributed by atoms with Gasteiger partial charge in [0.25, 0.3) is 5.56 Å². The minimum absolute atomic E-state index is 0.00870. The quantitative estimate of drug-likeness (QED) is 0.923. The number of aromatic amines is 1. The molecule has 7 heteroatoms. The van der Waals surface area contributed by atoms with E-state index in [1.807, 2.05) is 25.1 Å². The van der Waals surface area contributed by atoms with Crippen molar-refractivity contribution >= 4 is 10.9 Å². The maximum Gasteiger partial charge on any atom is 0.415 e. The van der Waals surface area contributed by atoms with Crippen molar-refractivity contribution < 1.29 is 17.9 Å². The van der Waals surface area contributed by atoms with Gasteiger partial charge in [-0.25, -0.2) is 0 Å². The summed E-state index contributed by atoms with van der Waals surface area (Å²) in [6, 6.07) is 7.40. The van der Waals surface area contributed by atoms with Gasteiger partial charge in [0.05, 0.1) is 12.1 Å². The Hall–Kier alpha value is -1.86. The smallest absolute Gasteiger partial charge is 0.366 e. The lowest BCUT2D eigenvalue weighted by Crippen LogP contribution is -2.49. The Morgan fingerprint density at radius 1 is 1.39 bits per heavy atom. The molecule has 1 atom stereocenters. The van der Waals surface area contributed by atoms with E-state index >= 15 is 0 Å². The Labute approximate surface area is 130 Å². The van der Waals surface area contributed by atoms with Crippen molar-refractivity contribution in [1.29, 1.82) is 0 Å². The molecule has 0 amide bonds. The molecule has 1 aromatic carbocycles. The number of rotatable bonds is 2. The van der Waals surface area contributed by atoms with Gasteiger partial charge in [-0.15, -0.1) is 0 Å². The third-order valence-corrected chi connectivity index (χ3v) is 4.07. The van der Waals surface area contributed by atoms with E-state index in [1.54, 1.807) is 11.0 Å². The van der Waals surface area contributed by atoms with Crippen molar-refractivity contribution in [2.75, 3.05) is 19.7 Å². The van der Waals surface area contributed by atoms with Crippen molar-refractivity contribution in [1.82, 2.24) is 9.88 Å². The Morgan fingerprint density at radius 3 is 2.91 bits per heavy atom. The number of hydrogen-bond donors (Lipinski definition) is 1. The summed E-state index contributed by atoms with van der Waals surface area (Å²) in [5, 5.41) is 0.875. The number of halogens is 3. The molecular formula is C16H17F3N2O2. The van der Waals surface area contributed by atoms with Gasteiger partial charge < -0.3 is 9.72 Å². The molecule has 2 heterocycles. The van der Waals surface area contributed by atoms with Crippen LogP contribution in [0.25, 0.3) is 10.9 Å². The molecule has 0 bridgehead atoms. The summed E-state index contributed by atoms with van der Waals surface area (Å²) >= 11 is 0. The first-order valence-corrected chi connectivity index (χ1v) is 7.37. The number of alkyl halides is 3. The SMILES string of the molecule is Cc1cccc2cc(CN3CCOC(C(F)(F)F)C3)c(=O)[nH]c12. The highest BCUT2D eigenvalue weighted by molar-refractivity contribution is 5.81. The van der Waals surface area contributed by atoms with Crippen molar-refractivity contribution in [2.24, 2.45) is 0 Å². The number of morpholine rings is 1. The molecule has 1 aliphatic rings. The maximum absolute atomic E-state index is 12.8. The van der Waals surface area contributed by atoms with E-state index in [4.69, 9.17) is 4.74 Å². The molecular weight excluding hydrogens is 309 g/mol. The number of hydrogen-bond acceptors (Lipinski definition) is 3. The number of ether oxygens (including phenoxy) is 1. The van der Waals surface area contributed by atoms with Gasteiger partial charge in [0.2, 0.25) is 0 Å². The molecule has 1 N–H and O–H groups in total. The number of benzene rings is 1. The standard InChI is InChI=1S/C16H17F3N2O2/c1-10-3-2-4-11-7-12(15(22)20-14(10)11)8-21-5-6-23-13(9-21)16(17,18)19/h2-4,7,13H,5-6,8-9H2,1H3,(H,20,22). The van der Waals surface area contributed by atoms with Gasteiger partial charge in [-0.2, -0.15) is 13.2 Å². The van der Waals surface area contributed by atoms with E-state index in [2.05, 4.69) is 4.98 Å². The van der Waals surface area contributed by atoms with Crippen LogP contribution >= 0.6 is 0 Å². The summed E-state index contributed by atoms with van der Waals surface area (Å²) < 4.78 is 43.1. The Morgan fingerprint density at radius 2 is 2.17 bits per heavy atom. The number of pyridine rings is 1. The normalized spacial score (nSPS) is 20.1. The number of nitrogens with one attached hydrogen (secondary N) is 1. The van der Waals surface area contributed by atoms with Gasteiger partial charge in [0.1, 0.15) is 0 Å². The first kappa shape index (κ1) is 16.0. The molecule has 1 aromatic heterocycles. The van der Waals surface area contributed by atoms with Gasteiger partial charge in [0.15, 0.2) is 6.10 Å². The lowest BCUT2D eigenvalue weighted by Gasteiger charge is -2.33. The highest BCUT2D eigenvalue weighted by Gasteiger charge is 2.43. The Balaban J connectivity index is 1.84. The van der Waals surface area contributed by atoms with E-state index in [0.717, 1.165) is 16.5 Å². The van der Waals surface area contributed by atoms with Crippen molar-refractivity contribution in [3.8, 4) is 0 Å². The number of para-hydroxylation sites is 1. The van der Waals surface area contributed by atoms with Crippen LogP contribution in [0.3, 0.4) is 0 Å². The topological polar surface area (TPSA) is 45.3 Å². The van der Waals surface area contributed by atoms with Crippen molar-refractivity contribution in [3.63, 3.8) is 0 Å². The van der Waals surface area contributed by atoms with Gasteiger partial charge >= 0.3 is 6.18 Å². The molecule has 2 aromatic rings. The summed E-state index contributed by atoms with van der Waals surface area (Å²) in [4.78, 5) is 16.6. The molecule has 0 spiro atoms. The molecule has 23 heavy (non-hydrogen) atoms. The van der Waals surface area contributed by atoms with Crippen LogP contribution in [0, 0.1) is 6.92 Å². The number of nitrogens with zero attached hydrogens (tertiary/aromatic N) is 1. The van der Waals surface area contributed by atoms with Crippen LogP contribution in [0.4, 0.5) is 13.2 Å². The fraction of sp³-hybridized carbons (Fsp3) is 0.438. The second kappa shape index (κ2) is 5.98. The molecule has 1 aliphatic heterocycles. The Kier molecular flexibility index (Phi) is 4.16. The van der Waals surface area contributed by atoms with Gasteiger partial charge in [0, 0.05) is 25.2 Å². The predicted molar refractivity (Wildman–Crippen MR) is 80.4 cm³/mol. The third-order valence-electron chi connectivity index (χ3n) is 4.07. The van der Waals surface area contributed by atoms with Crippen LogP contribution in [0.2, 0.25) is 0 Å². The monoisotopic (exact) mass is 326 g/mol. The van der Waals surface area contributed by atoms with Crippen LogP contribution in [0.15, 0.2) is 29.1 Å². The molecule has 4 nitrogen and oxygen atoms in total. The third kappa shape index (κ3) is 3.40. The summed E-state index contributed by atoms with van der Waals surface area (Å²) in [6.45, 7) is 2.20. The zero-order chi connectivity index (χ0) is 16.6. The van der Waals surface area contributed by atoms with Gasteiger partial charge in [-0.05, 0) is 23.9 Å². The summed E-state index contributed by atoms with van der Waals surface area (Å²) in [6.07, 6.45) is -6.18. The van der Waals surface area contributed by atoms with Crippen LogP contribution in [0.1, 0.15) is 11.1 Å². The van der Waals surface area contributed by atoms with E-state index in [1.165, 1.54) is 0 Å². The average Bonchev–Trinajstić information content (AvgIpc) is 2.49. The van der Waals surface area contributed by atoms with Crippen molar-refractivity contribution in [2.45, 2.75) is 25.7 Å². The lowest BCUT2D eigenvalue weighted by atomic mass is 10.1. The fourth-order valence-electron chi connectivity index (χ4n) is 2.83. The largest absolute Gasteiger partial charge is 0.415 e. The van der Waals surface area contributed by atoms with Crippen LogP contribution in [-0.4, -0.2) is 41.9 Å². The van der Waals surface area contributed by atoms with E-state index in [9.17, 15) is 18.0 Å². The summed E-state index contributed by atoms with van der Waals surface area (Å²) in [5.74, 6) is 0. The van der Waals surface area contributed by atoms with Crippen LogP contribution in [-0.2, 0) is 11.3 Å². The number of aryl methyl sites for hydroxylation is 1. The number of aromatic nitrogens is 1. The molecule has 0 radical (unpaired) electrons. The molecule has 0 saturated carbocycles. The van der Waals surface area contributed by atoms with Crippen molar-refractivity contribution in [3.05, 3.63) is 45.7 Å². The van der Waals surface area contributed by atoms with E-state index < -0.39 is 12.3 Å². The highest BCUT2D eigenvalue weighted by atomic mass is 19.4. The zero-order valence-corrected chi connectivity index (χ0v) is 12.6. The first-order valence-electron chi connectivity index (χ1n) is 7.37. The van der Waals surface area contributed by atoms with Gasteiger partial charge in [-0.3, -0.25) is 9.69 Å². The Bertz CT molecular complexity index is 770. The second-order valence-corrected chi connectivity index (χ2v) is 5.80. The van der Waals surface area contributed by atoms with Crippen LogP contribution < -0.4 is 5.56 Å². The maximum atomic E-state index is 12.8. The average molecular weight is 326 g/mol. The number of H-pyrrole nitrogens is 1. The molecule has 3 rings (SSSR count). The second-order valence-electron chi connectivity index (χ2n) is 5.80. The fourth-order valence-corrected chi connectivity index (χ4v) is 2.83. The highest BCUT2D eigenvalue weighted by Crippen LogP contribution is 2.26. The minimum Gasteiger partial charge on any atom is -0.366 e. The number of fused-ring (bicyclic) bond motifs is 1. The van der Waals surface area contributed by atoms with E-state index in [0.29, 0.717) is 12.1 Å². The predicted octanol–water partition coefficient (Wildman–Crippen LogP) is 2.60. The molecule has 1 saturated heterocycles. The lowest BCUT2D eigenvalue weighted by molar-refractivity contribution is -0.237. The first-order chi connectivity index (χ1) is 10.8. The molecule has 0 aliphatic carbocycles. The van der Waals surface area contributed by atoms with E-state index in [-0.39, 0.29) is 25.3 Å².